The first-order valence-electron chi connectivity index (χ1n) is 9.99. The summed E-state index contributed by atoms with van der Waals surface area (Å²) >= 11 is 0. The van der Waals surface area contributed by atoms with Gasteiger partial charge >= 0.3 is 0 Å². The minimum Gasteiger partial charge on any atom is -0.370 e. The predicted molar refractivity (Wildman–Crippen MR) is 109 cm³/mol. The van der Waals surface area contributed by atoms with Crippen LogP contribution in [0.4, 0.5) is 5.69 Å². The van der Waals surface area contributed by atoms with E-state index in [4.69, 9.17) is 0 Å². The van der Waals surface area contributed by atoms with E-state index < -0.39 is 0 Å². The van der Waals surface area contributed by atoms with Gasteiger partial charge in [-0.15, -0.1) is 0 Å². The number of nitrogens with zero attached hydrogens (tertiary/aromatic N) is 3. The zero-order valence-corrected chi connectivity index (χ0v) is 16.6. The van der Waals surface area contributed by atoms with Gasteiger partial charge in [0, 0.05) is 50.9 Å². The van der Waals surface area contributed by atoms with Gasteiger partial charge in [-0.05, 0) is 50.8 Å². The van der Waals surface area contributed by atoms with E-state index in [1.807, 2.05) is 0 Å². The van der Waals surface area contributed by atoms with E-state index in [0.717, 1.165) is 38.8 Å². The van der Waals surface area contributed by atoms with Crippen LogP contribution in [-0.2, 0) is 9.59 Å². The van der Waals surface area contributed by atoms with Crippen molar-refractivity contribution in [1.82, 2.24) is 9.80 Å². The maximum Gasteiger partial charge on any atom is 0.245 e. The molecule has 2 aliphatic rings. The Kier molecular flexibility index (Phi) is 6.19. The first kappa shape index (κ1) is 19.5. The quantitative estimate of drug-likeness (QED) is 0.767. The van der Waals surface area contributed by atoms with Gasteiger partial charge in [0.1, 0.15) is 0 Å². The average molecular weight is 370 g/mol. The Labute approximate surface area is 162 Å². The van der Waals surface area contributed by atoms with E-state index in [9.17, 15) is 9.59 Å². The van der Waals surface area contributed by atoms with Gasteiger partial charge < -0.3 is 14.7 Å². The molecule has 2 aliphatic heterocycles. The third-order valence-electron chi connectivity index (χ3n) is 6.03. The maximum absolute atomic E-state index is 13.0. The second kappa shape index (κ2) is 8.59. The number of likely N-dealkylation sites (N-methyl/N-ethyl adjacent to an activating group) is 1. The van der Waals surface area contributed by atoms with E-state index in [-0.39, 0.29) is 17.7 Å². The second-order valence-corrected chi connectivity index (χ2v) is 7.83. The first-order valence-corrected chi connectivity index (χ1v) is 9.99. The number of amides is 2. The van der Waals surface area contributed by atoms with Crippen LogP contribution in [0.1, 0.15) is 31.2 Å². The van der Waals surface area contributed by atoms with Gasteiger partial charge in [0.25, 0.3) is 0 Å². The van der Waals surface area contributed by atoms with Crippen LogP contribution < -0.4 is 4.90 Å². The lowest BCUT2D eigenvalue weighted by Crippen LogP contribution is -2.51. The molecular weight excluding hydrogens is 338 g/mol. The Morgan fingerprint density at radius 1 is 1.07 bits per heavy atom. The smallest absolute Gasteiger partial charge is 0.245 e. The molecule has 0 bridgehead atoms. The molecule has 0 aliphatic carbocycles. The highest BCUT2D eigenvalue weighted by Crippen LogP contribution is 2.25. The number of rotatable bonds is 4. The molecule has 27 heavy (non-hydrogen) atoms. The van der Waals surface area contributed by atoms with Crippen molar-refractivity contribution < 1.29 is 9.59 Å². The van der Waals surface area contributed by atoms with Crippen molar-refractivity contribution in [3.05, 3.63) is 42.5 Å². The van der Waals surface area contributed by atoms with Crippen molar-refractivity contribution >= 4 is 17.5 Å². The summed E-state index contributed by atoms with van der Waals surface area (Å²) in [5.41, 5.74) is 2.46. The second-order valence-electron chi connectivity index (χ2n) is 7.83. The zero-order valence-electron chi connectivity index (χ0n) is 16.6. The van der Waals surface area contributed by atoms with Crippen molar-refractivity contribution in [2.45, 2.75) is 38.6 Å². The summed E-state index contributed by atoms with van der Waals surface area (Å²) in [6.45, 7) is 8.59. The molecule has 1 unspecified atom stereocenters. The van der Waals surface area contributed by atoms with Crippen LogP contribution in [0, 0.1) is 12.8 Å². The molecule has 0 radical (unpaired) electrons. The fourth-order valence-corrected chi connectivity index (χ4v) is 4.20. The average Bonchev–Trinajstić information content (AvgIpc) is 2.73. The molecule has 2 saturated heterocycles. The lowest BCUT2D eigenvalue weighted by Gasteiger charge is -2.41. The van der Waals surface area contributed by atoms with Crippen LogP contribution in [-0.4, -0.2) is 60.9 Å². The van der Waals surface area contributed by atoms with Crippen LogP contribution >= 0.6 is 0 Å². The van der Waals surface area contributed by atoms with Gasteiger partial charge in [-0.2, -0.15) is 0 Å². The molecule has 146 valence electrons. The molecule has 2 heterocycles. The van der Waals surface area contributed by atoms with E-state index in [1.165, 1.54) is 17.3 Å². The number of anilines is 1. The Morgan fingerprint density at radius 3 is 2.37 bits per heavy atom. The van der Waals surface area contributed by atoms with E-state index >= 15 is 0 Å². The summed E-state index contributed by atoms with van der Waals surface area (Å²) in [5.74, 6) is 0.281. The van der Waals surface area contributed by atoms with Crippen LogP contribution in [0.25, 0.3) is 0 Å². The lowest BCUT2D eigenvalue weighted by atomic mass is 9.93. The zero-order chi connectivity index (χ0) is 19.4. The van der Waals surface area contributed by atoms with Crippen LogP contribution in [0.2, 0.25) is 0 Å². The Bertz CT molecular complexity index is 677. The van der Waals surface area contributed by atoms with Crippen molar-refractivity contribution in [3.8, 4) is 0 Å². The molecule has 1 aromatic rings. The van der Waals surface area contributed by atoms with Crippen LogP contribution in [0.5, 0.6) is 0 Å². The number of carbonyl (C=O) groups is 2. The Morgan fingerprint density at radius 2 is 1.74 bits per heavy atom. The first-order chi connectivity index (χ1) is 13.0. The molecule has 3 rings (SSSR count). The maximum atomic E-state index is 13.0. The summed E-state index contributed by atoms with van der Waals surface area (Å²) in [7, 11) is 2.13. The minimum atomic E-state index is -0.0290. The van der Waals surface area contributed by atoms with E-state index in [0.29, 0.717) is 19.1 Å². The largest absolute Gasteiger partial charge is 0.370 e. The van der Waals surface area contributed by atoms with Crippen molar-refractivity contribution in [2.75, 3.05) is 38.1 Å². The molecule has 0 saturated carbocycles. The van der Waals surface area contributed by atoms with Gasteiger partial charge in [0.15, 0.2) is 0 Å². The third kappa shape index (κ3) is 4.52. The Balaban J connectivity index is 1.57. The highest BCUT2D eigenvalue weighted by Gasteiger charge is 2.33. The predicted octanol–water partition coefficient (Wildman–Crippen LogP) is 2.85. The molecule has 2 fully saturated rings. The van der Waals surface area contributed by atoms with Crippen LogP contribution in [0.3, 0.4) is 0 Å². The van der Waals surface area contributed by atoms with Gasteiger partial charge in [0.05, 0.1) is 0 Å². The highest BCUT2D eigenvalue weighted by molar-refractivity contribution is 5.87. The van der Waals surface area contributed by atoms with Crippen molar-refractivity contribution in [1.29, 1.82) is 0 Å². The van der Waals surface area contributed by atoms with Gasteiger partial charge in [-0.3, -0.25) is 9.59 Å². The van der Waals surface area contributed by atoms with Gasteiger partial charge in [-0.1, -0.05) is 24.3 Å². The van der Waals surface area contributed by atoms with Gasteiger partial charge in [0.2, 0.25) is 11.8 Å². The molecule has 1 aromatic carbocycles. The summed E-state index contributed by atoms with van der Waals surface area (Å²) in [6.07, 6.45) is 5.03. The number of likely N-dealkylation sites (tertiary alicyclic amines) is 2. The molecule has 5 heteroatoms. The molecule has 0 spiro atoms. The molecule has 1 atom stereocenters. The topological polar surface area (TPSA) is 43.9 Å². The monoisotopic (exact) mass is 369 g/mol. The highest BCUT2D eigenvalue weighted by atomic mass is 16.2. The molecule has 5 nitrogen and oxygen atoms in total. The molecule has 0 N–H and O–H groups in total. The number of aryl methyl sites for hydroxylation is 1. The number of hydrogen-bond donors (Lipinski definition) is 0. The SMILES string of the molecule is C=CC(=O)N1CCC(C(=O)N2CCCC(N(C)c3ccc(C)cc3)C2)CC1. The number of benzene rings is 1. The summed E-state index contributed by atoms with van der Waals surface area (Å²) in [5, 5.41) is 0. The van der Waals surface area contributed by atoms with Crippen LogP contribution in [0.15, 0.2) is 36.9 Å². The summed E-state index contributed by atoms with van der Waals surface area (Å²) in [4.78, 5) is 30.9. The third-order valence-corrected chi connectivity index (χ3v) is 6.03. The van der Waals surface area contributed by atoms with Crippen molar-refractivity contribution in [3.63, 3.8) is 0 Å². The number of carbonyl (C=O) groups excluding carboxylic acids is 2. The summed E-state index contributed by atoms with van der Waals surface area (Å²) in [6, 6.07) is 8.93. The molecule has 0 aromatic heterocycles. The molecular formula is C22H31N3O2. The minimum absolute atomic E-state index is 0.0290. The van der Waals surface area contributed by atoms with Gasteiger partial charge in [-0.25, -0.2) is 0 Å². The normalized spacial score (nSPS) is 21.0. The van der Waals surface area contributed by atoms with E-state index in [2.05, 4.69) is 54.6 Å². The Hall–Kier alpha value is -2.30. The lowest BCUT2D eigenvalue weighted by molar-refractivity contribution is -0.140. The number of piperidine rings is 2. The summed E-state index contributed by atoms with van der Waals surface area (Å²) < 4.78 is 0. The number of hydrogen-bond acceptors (Lipinski definition) is 3. The fourth-order valence-electron chi connectivity index (χ4n) is 4.20. The van der Waals surface area contributed by atoms with E-state index in [1.54, 1.807) is 4.90 Å². The standard InChI is InChI=1S/C22H31N3O2/c1-4-21(26)24-14-11-18(12-15-24)22(27)25-13-5-6-20(16-25)23(3)19-9-7-17(2)8-10-19/h4,7-10,18,20H,1,5-6,11-16H2,2-3H3. The fraction of sp³-hybridized carbons (Fsp3) is 0.545. The molecule has 2 amide bonds. The van der Waals surface area contributed by atoms with Crippen molar-refractivity contribution in [2.24, 2.45) is 5.92 Å².